The van der Waals surface area contributed by atoms with E-state index in [1.54, 1.807) is 0 Å². The fourth-order valence-corrected chi connectivity index (χ4v) is 1.39. The van der Waals surface area contributed by atoms with Gasteiger partial charge in [0, 0.05) is 16.7 Å². The molecule has 1 aromatic carbocycles. The van der Waals surface area contributed by atoms with Crippen LogP contribution < -0.4 is 11.1 Å². The molecule has 0 heterocycles. The largest absolute Gasteiger partial charge is 0.398 e. The Labute approximate surface area is 97.3 Å². The molecule has 0 spiro atoms. The van der Waals surface area contributed by atoms with E-state index in [2.05, 4.69) is 27.8 Å². The van der Waals surface area contributed by atoms with Gasteiger partial charge in [-0.2, -0.15) is 0 Å². The number of hydrogen-bond acceptors (Lipinski definition) is 2. The quantitative estimate of drug-likeness (QED) is 0.828. The van der Waals surface area contributed by atoms with Crippen LogP contribution in [0.5, 0.6) is 0 Å². The lowest BCUT2D eigenvalue weighted by molar-refractivity contribution is 1.30. The highest BCUT2D eigenvalue weighted by atomic mass is 79.9. The van der Waals surface area contributed by atoms with Gasteiger partial charge in [0.15, 0.2) is 0 Å². The fraction of sp³-hybridized carbons (Fsp3) is 0.200. The Morgan fingerprint density at radius 1 is 1.64 bits per heavy atom. The number of nitrogens with one attached hydrogen (secondary N) is 1. The molecule has 14 heavy (non-hydrogen) atoms. The fourth-order valence-electron chi connectivity index (χ4n) is 1.09. The molecular formula is C10H12BrClN2. The lowest BCUT2D eigenvalue weighted by atomic mass is 10.2. The first-order chi connectivity index (χ1) is 6.50. The number of nitrogen functional groups attached to an aromatic ring is 1. The highest BCUT2D eigenvalue weighted by molar-refractivity contribution is 9.11. The number of benzene rings is 1. The average Bonchev–Trinajstić information content (AvgIpc) is 2.09. The number of aryl methyl sites for hydroxylation is 1. The molecule has 0 bridgehead atoms. The van der Waals surface area contributed by atoms with Crippen molar-refractivity contribution in [1.82, 2.24) is 0 Å². The van der Waals surface area contributed by atoms with Gasteiger partial charge in [0.05, 0.1) is 10.7 Å². The van der Waals surface area contributed by atoms with Gasteiger partial charge in [0.25, 0.3) is 0 Å². The van der Waals surface area contributed by atoms with Crippen molar-refractivity contribution in [3.05, 3.63) is 33.8 Å². The van der Waals surface area contributed by atoms with Crippen molar-refractivity contribution in [3.8, 4) is 0 Å². The van der Waals surface area contributed by atoms with Crippen LogP contribution >= 0.6 is 27.5 Å². The molecule has 0 amide bonds. The molecule has 4 heteroatoms. The van der Waals surface area contributed by atoms with Gasteiger partial charge >= 0.3 is 0 Å². The maximum atomic E-state index is 5.90. The summed E-state index contributed by atoms with van der Waals surface area (Å²) in [6, 6.07) is 3.67. The Balaban J connectivity index is 2.87. The van der Waals surface area contributed by atoms with E-state index in [4.69, 9.17) is 17.3 Å². The van der Waals surface area contributed by atoms with Crippen LogP contribution in [-0.4, -0.2) is 6.54 Å². The lowest BCUT2D eigenvalue weighted by Gasteiger charge is -2.10. The Kier molecular flexibility index (Phi) is 3.84. The van der Waals surface area contributed by atoms with Crippen molar-refractivity contribution in [3.63, 3.8) is 0 Å². The highest BCUT2D eigenvalue weighted by Gasteiger charge is 2.02. The van der Waals surface area contributed by atoms with Gasteiger partial charge in [-0.25, -0.2) is 0 Å². The lowest BCUT2D eigenvalue weighted by Crippen LogP contribution is -2.03. The van der Waals surface area contributed by atoms with Crippen molar-refractivity contribution >= 4 is 38.9 Å². The smallest absolute Gasteiger partial charge is 0.0656 e. The maximum absolute atomic E-state index is 5.90. The van der Waals surface area contributed by atoms with E-state index < -0.39 is 0 Å². The summed E-state index contributed by atoms with van der Waals surface area (Å²) < 4.78 is 0.893. The summed E-state index contributed by atoms with van der Waals surface area (Å²) in [5.74, 6) is 0. The third-order valence-corrected chi connectivity index (χ3v) is 2.42. The predicted octanol–water partition coefficient (Wildman–Crippen LogP) is 3.55. The van der Waals surface area contributed by atoms with E-state index in [9.17, 15) is 0 Å². The topological polar surface area (TPSA) is 38.0 Å². The van der Waals surface area contributed by atoms with Gasteiger partial charge in [-0.3, -0.25) is 0 Å². The van der Waals surface area contributed by atoms with Crippen molar-refractivity contribution in [2.24, 2.45) is 0 Å². The van der Waals surface area contributed by atoms with E-state index in [0.29, 0.717) is 17.3 Å². The molecule has 3 N–H and O–H groups in total. The van der Waals surface area contributed by atoms with Crippen molar-refractivity contribution < 1.29 is 0 Å². The average molecular weight is 276 g/mol. The van der Waals surface area contributed by atoms with Gasteiger partial charge in [-0.15, -0.1) is 0 Å². The molecule has 0 fully saturated rings. The Bertz CT molecular complexity index is 363. The number of hydrogen-bond donors (Lipinski definition) is 2. The maximum Gasteiger partial charge on any atom is 0.0656 e. The van der Waals surface area contributed by atoms with E-state index in [1.807, 2.05) is 19.1 Å². The van der Waals surface area contributed by atoms with E-state index in [1.165, 1.54) is 0 Å². The zero-order valence-corrected chi connectivity index (χ0v) is 10.2. The molecule has 1 aromatic rings. The molecule has 0 saturated heterocycles. The van der Waals surface area contributed by atoms with Crippen LogP contribution in [0.3, 0.4) is 0 Å². The van der Waals surface area contributed by atoms with Crippen molar-refractivity contribution in [1.29, 1.82) is 0 Å². The van der Waals surface area contributed by atoms with Crippen LogP contribution in [-0.2, 0) is 0 Å². The van der Waals surface area contributed by atoms with Gasteiger partial charge in [-0.05, 0) is 24.6 Å². The van der Waals surface area contributed by atoms with Crippen LogP contribution in [0.2, 0.25) is 5.02 Å². The number of rotatable bonds is 3. The Morgan fingerprint density at radius 3 is 2.86 bits per heavy atom. The summed E-state index contributed by atoms with van der Waals surface area (Å²) in [4.78, 5) is 0. The zero-order chi connectivity index (χ0) is 10.7. The highest BCUT2D eigenvalue weighted by Crippen LogP contribution is 2.26. The number of anilines is 2. The second kappa shape index (κ2) is 4.71. The summed E-state index contributed by atoms with van der Waals surface area (Å²) in [5.41, 5.74) is 8.31. The van der Waals surface area contributed by atoms with Gasteiger partial charge in [0.1, 0.15) is 0 Å². The Hall–Kier alpha value is -0.670. The zero-order valence-electron chi connectivity index (χ0n) is 7.90. The van der Waals surface area contributed by atoms with Gasteiger partial charge < -0.3 is 11.1 Å². The number of halogens is 2. The monoisotopic (exact) mass is 274 g/mol. The second-order valence-corrected chi connectivity index (χ2v) is 4.59. The first-order valence-corrected chi connectivity index (χ1v) is 5.30. The minimum Gasteiger partial charge on any atom is -0.398 e. The SMILES string of the molecule is C=C(Br)CNc1cc(Cl)c(N)cc1C. The minimum absolute atomic E-state index is 0.568. The minimum atomic E-state index is 0.568. The van der Waals surface area contributed by atoms with Crippen LogP contribution in [0.4, 0.5) is 11.4 Å². The van der Waals surface area contributed by atoms with Crippen LogP contribution in [0.25, 0.3) is 0 Å². The van der Waals surface area contributed by atoms with Crippen LogP contribution in [0.15, 0.2) is 23.2 Å². The molecule has 76 valence electrons. The van der Waals surface area contributed by atoms with E-state index >= 15 is 0 Å². The molecule has 0 aliphatic heterocycles. The molecule has 0 atom stereocenters. The molecule has 0 aliphatic carbocycles. The molecular weight excluding hydrogens is 263 g/mol. The first kappa shape index (κ1) is 11.4. The molecule has 2 nitrogen and oxygen atoms in total. The summed E-state index contributed by atoms with van der Waals surface area (Å²) >= 11 is 9.18. The number of nitrogens with two attached hydrogens (primary N) is 1. The summed E-state index contributed by atoms with van der Waals surface area (Å²) in [6.07, 6.45) is 0. The standard InChI is InChI=1S/C10H12BrClN2/c1-6-3-9(13)8(12)4-10(6)14-5-7(2)11/h3-4,14H,2,5,13H2,1H3. The van der Waals surface area contributed by atoms with Gasteiger partial charge in [0.2, 0.25) is 0 Å². The van der Waals surface area contributed by atoms with Gasteiger partial charge in [-0.1, -0.05) is 34.1 Å². The molecule has 0 radical (unpaired) electrons. The summed E-state index contributed by atoms with van der Waals surface area (Å²) in [7, 11) is 0. The van der Waals surface area contributed by atoms with Crippen LogP contribution in [0, 0.1) is 6.92 Å². The molecule has 1 rings (SSSR count). The van der Waals surface area contributed by atoms with Crippen molar-refractivity contribution in [2.45, 2.75) is 6.92 Å². The van der Waals surface area contributed by atoms with Crippen molar-refractivity contribution in [2.75, 3.05) is 17.6 Å². The van der Waals surface area contributed by atoms with Crippen LogP contribution in [0.1, 0.15) is 5.56 Å². The van der Waals surface area contributed by atoms with E-state index in [-0.39, 0.29) is 0 Å². The van der Waals surface area contributed by atoms with E-state index in [0.717, 1.165) is 15.7 Å². The molecule has 0 saturated carbocycles. The molecule has 0 aliphatic rings. The second-order valence-electron chi connectivity index (χ2n) is 3.06. The summed E-state index contributed by atoms with van der Waals surface area (Å²) in [5, 5.41) is 3.76. The predicted molar refractivity (Wildman–Crippen MR) is 67.2 cm³/mol. The Morgan fingerprint density at radius 2 is 2.29 bits per heavy atom. The third kappa shape index (κ3) is 2.93. The molecule has 0 aromatic heterocycles. The molecule has 0 unspecified atom stereocenters. The summed E-state index contributed by atoms with van der Waals surface area (Å²) in [6.45, 7) is 6.38. The normalized spacial score (nSPS) is 9.93. The first-order valence-electron chi connectivity index (χ1n) is 4.13. The third-order valence-electron chi connectivity index (χ3n) is 1.81.